The molecule has 0 saturated heterocycles. The molecule has 0 unspecified atom stereocenters. The number of amides is 1. The maximum absolute atomic E-state index is 13.8. The van der Waals surface area contributed by atoms with Gasteiger partial charge in [0.15, 0.2) is 11.5 Å². The fraction of sp³-hybridized carbons (Fsp3) is 0.364. The minimum absolute atomic E-state index is 0.0300. The molecular weight excluding hydrogens is 213 g/mol. The summed E-state index contributed by atoms with van der Waals surface area (Å²) in [5, 5.41) is 2.50. The van der Waals surface area contributed by atoms with Crippen molar-refractivity contribution in [2.45, 2.75) is 13.8 Å². The Morgan fingerprint density at radius 3 is 2.31 bits per heavy atom. The van der Waals surface area contributed by atoms with Crippen molar-refractivity contribution in [2.75, 3.05) is 19.5 Å². The summed E-state index contributed by atoms with van der Waals surface area (Å²) in [6.45, 7) is 3.03. The second-order valence-electron chi connectivity index (χ2n) is 3.30. The second-order valence-corrected chi connectivity index (χ2v) is 3.30. The Kier molecular flexibility index (Phi) is 3.71. The van der Waals surface area contributed by atoms with Crippen molar-refractivity contribution >= 4 is 11.6 Å². The fourth-order valence-corrected chi connectivity index (χ4v) is 1.47. The first-order chi connectivity index (χ1) is 7.51. The van der Waals surface area contributed by atoms with Crippen LogP contribution in [0.3, 0.4) is 0 Å². The zero-order valence-electron chi connectivity index (χ0n) is 9.68. The lowest BCUT2D eigenvalue weighted by molar-refractivity contribution is -0.114. The highest BCUT2D eigenvalue weighted by atomic mass is 19.1. The van der Waals surface area contributed by atoms with Crippen LogP contribution in [0.4, 0.5) is 10.1 Å². The van der Waals surface area contributed by atoms with Crippen LogP contribution >= 0.6 is 0 Å². The lowest BCUT2D eigenvalue weighted by atomic mass is 10.1. The smallest absolute Gasteiger partial charge is 0.221 e. The van der Waals surface area contributed by atoms with Gasteiger partial charge in [-0.3, -0.25) is 4.79 Å². The third-order valence-corrected chi connectivity index (χ3v) is 2.08. The summed E-state index contributed by atoms with van der Waals surface area (Å²) >= 11 is 0. The lowest BCUT2D eigenvalue weighted by Gasteiger charge is -2.14. The number of rotatable bonds is 3. The highest BCUT2D eigenvalue weighted by Gasteiger charge is 2.18. The van der Waals surface area contributed by atoms with Crippen molar-refractivity contribution in [2.24, 2.45) is 0 Å². The van der Waals surface area contributed by atoms with Crippen molar-refractivity contribution in [3.63, 3.8) is 0 Å². The van der Waals surface area contributed by atoms with Crippen LogP contribution in [0.5, 0.6) is 11.5 Å². The molecule has 1 N–H and O–H groups in total. The number of carbonyl (C=O) groups is 1. The Labute approximate surface area is 93.4 Å². The molecule has 0 heterocycles. The van der Waals surface area contributed by atoms with Crippen LogP contribution in [-0.2, 0) is 4.79 Å². The standard InChI is InChI=1S/C11H14FNO3/c1-6-5-8(13-7(2)14)11(16-4)9(12)10(6)15-3/h5H,1-4H3,(H,13,14). The monoisotopic (exact) mass is 227 g/mol. The van der Waals surface area contributed by atoms with Crippen LogP contribution in [-0.4, -0.2) is 20.1 Å². The van der Waals surface area contributed by atoms with Gasteiger partial charge >= 0.3 is 0 Å². The Morgan fingerprint density at radius 2 is 1.88 bits per heavy atom. The summed E-state index contributed by atoms with van der Waals surface area (Å²) in [7, 11) is 2.71. The molecular formula is C11H14FNO3. The zero-order chi connectivity index (χ0) is 12.3. The molecule has 1 aromatic carbocycles. The number of nitrogens with one attached hydrogen (secondary N) is 1. The maximum atomic E-state index is 13.8. The van der Waals surface area contributed by atoms with Crippen molar-refractivity contribution in [1.82, 2.24) is 0 Å². The maximum Gasteiger partial charge on any atom is 0.221 e. The van der Waals surface area contributed by atoms with E-state index in [0.717, 1.165) is 0 Å². The SMILES string of the molecule is COc1c(C)cc(NC(C)=O)c(OC)c1F. The molecule has 1 rings (SSSR count). The summed E-state index contributed by atoms with van der Waals surface area (Å²) < 4.78 is 23.7. The van der Waals surface area contributed by atoms with Crippen molar-refractivity contribution < 1.29 is 18.7 Å². The van der Waals surface area contributed by atoms with Gasteiger partial charge < -0.3 is 14.8 Å². The van der Waals surface area contributed by atoms with E-state index in [9.17, 15) is 9.18 Å². The quantitative estimate of drug-likeness (QED) is 0.860. The first-order valence-corrected chi connectivity index (χ1v) is 4.70. The summed E-state index contributed by atoms with van der Waals surface area (Å²) in [5.74, 6) is -0.820. The highest BCUT2D eigenvalue weighted by molar-refractivity contribution is 5.90. The van der Waals surface area contributed by atoms with E-state index in [1.54, 1.807) is 13.0 Å². The van der Waals surface area contributed by atoms with E-state index in [1.807, 2.05) is 0 Å². The van der Waals surface area contributed by atoms with E-state index in [4.69, 9.17) is 9.47 Å². The number of hydrogen-bond donors (Lipinski definition) is 1. The van der Waals surface area contributed by atoms with Crippen LogP contribution in [0, 0.1) is 12.7 Å². The van der Waals surface area contributed by atoms with E-state index in [1.165, 1.54) is 21.1 Å². The van der Waals surface area contributed by atoms with Gasteiger partial charge in [-0.05, 0) is 18.6 Å². The van der Waals surface area contributed by atoms with Gasteiger partial charge in [0.2, 0.25) is 11.7 Å². The molecule has 0 aromatic heterocycles. The van der Waals surface area contributed by atoms with Gasteiger partial charge in [-0.1, -0.05) is 0 Å². The number of aryl methyl sites for hydroxylation is 1. The zero-order valence-corrected chi connectivity index (χ0v) is 9.68. The first kappa shape index (κ1) is 12.3. The fourth-order valence-electron chi connectivity index (χ4n) is 1.47. The Morgan fingerprint density at radius 1 is 1.31 bits per heavy atom. The molecule has 4 nitrogen and oxygen atoms in total. The number of carbonyl (C=O) groups excluding carboxylic acids is 1. The number of ether oxygens (including phenoxy) is 2. The molecule has 0 aliphatic heterocycles. The van der Waals surface area contributed by atoms with Crippen LogP contribution in [0.2, 0.25) is 0 Å². The number of methoxy groups -OCH3 is 2. The third-order valence-electron chi connectivity index (χ3n) is 2.08. The highest BCUT2D eigenvalue weighted by Crippen LogP contribution is 2.36. The van der Waals surface area contributed by atoms with Crippen molar-refractivity contribution in [1.29, 1.82) is 0 Å². The first-order valence-electron chi connectivity index (χ1n) is 4.70. The molecule has 88 valence electrons. The molecule has 0 spiro atoms. The third kappa shape index (κ3) is 2.24. The van der Waals surface area contributed by atoms with Crippen molar-refractivity contribution in [3.8, 4) is 11.5 Å². The number of anilines is 1. The summed E-state index contributed by atoms with van der Waals surface area (Å²) in [6, 6.07) is 1.60. The van der Waals surface area contributed by atoms with Crippen LogP contribution in [0.25, 0.3) is 0 Å². The van der Waals surface area contributed by atoms with Gasteiger partial charge in [0.1, 0.15) is 0 Å². The lowest BCUT2D eigenvalue weighted by Crippen LogP contribution is -2.09. The topological polar surface area (TPSA) is 47.6 Å². The van der Waals surface area contributed by atoms with Gasteiger partial charge in [0.05, 0.1) is 19.9 Å². The van der Waals surface area contributed by atoms with Gasteiger partial charge in [-0.2, -0.15) is 4.39 Å². The van der Waals surface area contributed by atoms with Gasteiger partial charge in [-0.25, -0.2) is 0 Å². The van der Waals surface area contributed by atoms with Gasteiger partial charge in [-0.15, -0.1) is 0 Å². The Hall–Kier alpha value is -1.78. The Balaban J connectivity index is 3.34. The summed E-state index contributed by atoms with van der Waals surface area (Å²) in [5.41, 5.74) is 0.885. The molecule has 16 heavy (non-hydrogen) atoms. The van der Waals surface area contributed by atoms with Crippen LogP contribution < -0.4 is 14.8 Å². The molecule has 0 aliphatic carbocycles. The molecule has 0 aliphatic rings. The number of benzene rings is 1. The molecule has 0 bridgehead atoms. The minimum Gasteiger partial charge on any atom is -0.493 e. The van der Waals surface area contributed by atoms with Crippen LogP contribution in [0.1, 0.15) is 12.5 Å². The van der Waals surface area contributed by atoms with Crippen molar-refractivity contribution in [3.05, 3.63) is 17.4 Å². The van der Waals surface area contributed by atoms with Crippen LogP contribution in [0.15, 0.2) is 6.07 Å². The number of hydrogen-bond acceptors (Lipinski definition) is 3. The van der Waals surface area contributed by atoms with E-state index < -0.39 is 5.82 Å². The molecule has 1 amide bonds. The normalized spacial score (nSPS) is 9.81. The van der Waals surface area contributed by atoms with Gasteiger partial charge in [0.25, 0.3) is 0 Å². The van der Waals surface area contributed by atoms with E-state index in [2.05, 4.69) is 5.32 Å². The molecule has 0 radical (unpaired) electrons. The van der Waals surface area contributed by atoms with E-state index in [-0.39, 0.29) is 17.4 Å². The average molecular weight is 227 g/mol. The van der Waals surface area contributed by atoms with Gasteiger partial charge in [0, 0.05) is 6.92 Å². The second kappa shape index (κ2) is 4.83. The predicted octanol–water partition coefficient (Wildman–Crippen LogP) is 2.11. The largest absolute Gasteiger partial charge is 0.493 e. The molecule has 0 atom stereocenters. The molecule has 0 fully saturated rings. The molecule has 5 heteroatoms. The summed E-state index contributed by atoms with van der Waals surface area (Å²) in [6.07, 6.45) is 0. The molecule has 1 aromatic rings. The minimum atomic E-state index is -0.617. The Bertz CT molecular complexity index is 418. The summed E-state index contributed by atoms with van der Waals surface area (Å²) in [4.78, 5) is 10.9. The predicted molar refractivity (Wildman–Crippen MR) is 58.5 cm³/mol. The average Bonchev–Trinajstić information content (AvgIpc) is 2.17. The molecule has 0 saturated carbocycles. The van der Waals surface area contributed by atoms with E-state index in [0.29, 0.717) is 11.3 Å². The van der Waals surface area contributed by atoms with E-state index >= 15 is 0 Å². The number of halogens is 1.